The number of phenolic OH excluding ortho intramolecular Hbond substituents is 2. The molecule has 3 aromatic heterocycles. The molecule has 2 amide bonds. The van der Waals surface area contributed by atoms with Gasteiger partial charge in [0.2, 0.25) is 5.91 Å². The van der Waals surface area contributed by atoms with Gasteiger partial charge >= 0.3 is 18.1 Å². The molecule has 68 heavy (non-hydrogen) atoms. The smallest absolute Gasteiger partial charge is 0.415 e. The number of cyclic esters (lactones) is 1. The summed E-state index contributed by atoms with van der Waals surface area (Å²) in [7, 11) is 0. The fraction of sp³-hybridized carbons (Fsp3) is 0.380. The van der Waals surface area contributed by atoms with Crippen molar-refractivity contribution in [2.75, 3.05) is 44.2 Å². The number of piperazine rings is 1. The van der Waals surface area contributed by atoms with Crippen LogP contribution in [0, 0.1) is 5.92 Å². The molecule has 10 rings (SSSR count). The van der Waals surface area contributed by atoms with Crippen LogP contribution in [0.1, 0.15) is 80.7 Å². The molecule has 2 fully saturated rings. The van der Waals surface area contributed by atoms with Gasteiger partial charge in [0.15, 0.2) is 11.4 Å². The van der Waals surface area contributed by atoms with E-state index in [9.17, 15) is 39.6 Å². The van der Waals surface area contributed by atoms with Gasteiger partial charge < -0.3 is 49.2 Å². The molecule has 18 nitrogen and oxygen atoms in total. The van der Waals surface area contributed by atoms with Gasteiger partial charge in [0, 0.05) is 73.5 Å². The van der Waals surface area contributed by atoms with E-state index >= 15 is 0 Å². The molecular formula is C50H52N8O10. The molecule has 3 aromatic carbocycles. The highest BCUT2D eigenvalue weighted by atomic mass is 16.6. The van der Waals surface area contributed by atoms with E-state index in [0.717, 1.165) is 22.2 Å². The third kappa shape index (κ3) is 7.33. The van der Waals surface area contributed by atoms with Gasteiger partial charge in [-0.2, -0.15) is 0 Å². The Bertz CT molecular complexity index is 3090. The maximum Gasteiger partial charge on any atom is 0.415 e. The van der Waals surface area contributed by atoms with E-state index in [-0.39, 0.29) is 77.3 Å². The van der Waals surface area contributed by atoms with Crippen LogP contribution in [-0.4, -0.2) is 112 Å². The predicted octanol–water partition coefficient (Wildman–Crippen LogP) is 5.69. The first-order valence-corrected chi connectivity index (χ1v) is 23.1. The van der Waals surface area contributed by atoms with Crippen LogP contribution < -0.4 is 15.2 Å². The van der Waals surface area contributed by atoms with E-state index in [1.807, 2.05) is 49.9 Å². The number of amides is 2. The minimum absolute atomic E-state index is 0.0237. The zero-order chi connectivity index (χ0) is 47.8. The van der Waals surface area contributed by atoms with Crippen LogP contribution >= 0.6 is 0 Å². The number of aromatic hydroxyl groups is 3. The second-order valence-electron chi connectivity index (χ2n) is 18.3. The summed E-state index contributed by atoms with van der Waals surface area (Å²) < 4.78 is 14.2. The molecule has 6 aromatic rings. The van der Waals surface area contributed by atoms with Crippen LogP contribution in [-0.2, 0) is 39.5 Å². The average molecular weight is 925 g/mol. The highest BCUT2D eigenvalue weighted by molar-refractivity contribution is 5.90. The lowest BCUT2D eigenvalue weighted by Crippen LogP contribution is -2.52. The number of aromatic nitrogens is 5. The number of piperidine rings is 1. The molecular weight excluding hydrogens is 873 g/mol. The second-order valence-corrected chi connectivity index (χ2v) is 18.3. The van der Waals surface area contributed by atoms with Gasteiger partial charge in [0.1, 0.15) is 23.9 Å². The summed E-state index contributed by atoms with van der Waals surface area (Å²) in [5.41, 5.74) is 4.33. The Morgan fingerprint density at radius 1 is 0.853 bits per heavy atom. The largest absolute Gasteiger partial charge is 0.508 e. The number of nitrogens with zero attached hydrogens (tertiary/aromatic N) is 8. The number of hydrogen-bond donors (Lipinski definition) is 4. The van der Waals surface area contributed by atoms with Crippen molar-refractivity contribution in [3.8, 4) is 51.7 Å². The molecule has 4 aliphatic rings. The number of rotatable bonds is 8. The highest BCUT2D eigenvalue weighted by Gasteiger charge is 2.45. The molecule has 2 saturated heterocycles. The topological polar surface area (TPSA) is 226 Å². The molecule has 352 valence electrons. The van der Waals surface area contributed by atoms with Gasteiger partial charge in [0.25, 0.3) is 5.56 Å². The quantitative estimate of drug-likeness (QED) is 0.134. The molecule has 0 saturated carbocycles. The lowest BCUT2D eigenvalue weighted by molar-refractivity contribution is -0.172. The molecule has 18 heteroatoms. The van der Waals surface area contributed by atoms with E-state index in [0.29, 0.717) is 98.0 Å². The Morgan fingerprint density at radius 3 is 2.26 bits per heavy atom. The number of aliphatic hydroxyl groups is 1. The van der Waals surface area contributed by atoms with Crippen molar-refractivity contribution in [2.45, 2.75) is 78.0 Å². The molecule has 4 aliphatic heterocycles. The van der Waals surface area contributed by atoms with Crippen LogP contribution in [0.5, 0.6) is 23.3 Å². The third-order valence-electron chi connectivity index (χ3n) is 14.2. The Morgan fingerprint density at radius 2 is 1.57 bits per heavy atom. The van der Waals surface area contributed by atoms with Gasteiger partial charge in [0.05, 0.1) is 40.3 Å². The number of aryl methyl sites for hydroxylation is 1. The molecule has 7 heterocycles. The van der Waals surface area contributed by atoms with Gasteiger partial charge in [-0.3, -0.25) is 9.59 Å². The number of anilines is 1. The number of esters is 1. The van der Waals surface area contributed by atoms with Crippen molar-refractivity contribution >= 4 is 34.6 Å². The lowest BCUT2D eigenvalue weighted by Gasteiger charge is -2.39. The number of fused-ring (bicyclic) bond motifs is 5. The van der Waals surface area contributed by atoms with Crippen LogP contribution in [0.15, 0.2) is 65.5 Å². The Balaban J connectivity index is 0.754. The summed E-state index contributed by atoms with van der Waals surface area (Å²) in [6.45, 7) is 10.7. The van der Waals surface area contributed by atoms with Crippen molar-refractivity contribution in [3.63, 3.8) is 0 Å². The number of carbonyl (C=O) groups excluding carboxylic acids is 3. The summed E-state index contributed by atoms with van der Waals surface area (Å²) >= 11 is 0. The molecule has 0 bridgehead atoms. The number of carbonyl (C=O) groups is 3. The maximum atomic E-state index is 13.7. The average Bonchev–Trinajstić information content (AvgIpc) is 3.91. The van der Waals surface area contributed by atoms with Crippen molar-refractivity contribution < 1.29 is 44.3 Å². The zero-order valence-corrected chi connectivity index (χ0v) is 38.2. The number of phenols is 2. The first-order valence-electron chi connectivity index (χ1n) is 23.1. The predicted molar refractivity (Wildman–Crippen MR) is 249 cm³/mol. The van der Waals surface area contributed by atoms with E-state index in [4.69, 9.17) is 14.5 Å². The fourth-order valence-corrected chi connectivity index (χ4v) is 10.3. The lowest BCUT2D eigenvalue weighted by atomic mass is 9.86. The van der Waals surface area contributed by atoms with Crippen LogP contribution in [0.3, 0.4) is 0 Å². The fourth-order valence-electron chi connectivity index (χ4n) is 10.3. The van der Waals surface area contributed by atoms with E-state index < -0.39 is 17.7 Å². The van der Waals surface area contributed by atoms with Gasteiger partial charge in [-0.05, 0) is 97.3 Å². The van der Waals surface area contributed by atoms with Crippen LogP contribution in [0.25, 0.3) is 39.4 Å². The van der Waals surface area contributed by atoms with Gasteiger partial charge in [-0.1, -0.05) is 32.8 Å². The molecule has 0 radical (unpaired) electrons. The Labute approximate surface area is 390 Å². The van der Waals surface area contributed by atoms with Crippen molar-refractivity contribution in [1.82, 2.24) is 34.1 Å². The molecule has 1 atom stereocenters. The van der Waals surface area contributed by atoms with Gasteiger partial charge in [-0.15, -0.1) is 5.10 Å². The van der Waals surface area contributed by atoms with Crippen LogP contribution in [0.2, 0.25) is 0 Å². The number of hydrogen-bond acceptors (Lipinski definition) is 14. The van der Waals surface area contributed by atoms with E-state index in [1.54, 1.807) is 46.7 Å². The van der Waals surface area contributed by atoms with E-state index in [1.165, 1.54) is 10.6 Å². The first kappa shape index (κ1) is 44.4. The number of benzene rings is 3. The standard InChI is InChI=1S/C50H52N8O10/c1-5-32-34-21-31(11-12-39(34)51-43-36(32)25-57-40(43)23-38-37(46(57)62)26-67-47(63)50(38,66)6-2)68-49(65)56-15-13-28(14-16-56)45(61)55-19-17-54(18-20-55)29-7-9-30(10-8-29)58-44(52-53-48(58)64)35-22-33(27(3)4)41(59)24-42(35)60/h7-12,21-24,27-28,59-60,66H,5-6,13-20,25-26H2,1-4H3,(H,53,64). The summed E-state index contributed by atoms with van der Waals surface area (Å²) in [5.74, 6) is -0.576. The monoisotopic (exact) mass is 924 g/mol. The maximum absolute atomic E-state index is 13.7. The zero-order valence-electron chi connectivity index (χ0n) is 38.2. The van der Waals surface area contributed by atoms with Gasteiger partial charge in [-0.25, -0.2) is 19.1 Å². The number of pyridine rings is 2. The Kier molecular flexibility index (Phi) is 11.1. The summed E-state index contributed by atoms with van der Waals surface area (Å²) in [4.78, 5) is 64.3. The molecule has 1 unspecified atom stereocenters. The minimum Gasteiger partial charge on any atom is -0.508 e. The second kappa shape index (κ2) is 17.0. The van der Waals surface area contributed by atoms with E-state index in [2.05, 4.69) is 15.1 Å². The molecule has 0 aliphatic carbocycles. The number of ether oxygens (including phenoxy) is 2. The van der Waals surface area contributed by atoms with Crippen LogP contribution in [0.4, 0.5) is 10.5 Å². The summed E-state index contributed by atoms with van der Waals surface area (Å²) in [6.07, 6.45) is 1.20. The van der Waals surface area contributed by atoms with Crippen molar-refractivity contribution in [1.29, 1.82) is 0 Å². The summed E-state index contributed by atoms with van der Waals surface area (Å²) in [6, 6.07) is 17.0. The Hall–Kier alpha value is -7.47. The number of likely N-dealkylation sites (tertiary alicyclic amines) is 1. The minimum atomic E-state index is -1.92. The molecule has 0 spiro atoms. The summed E-state index contributed by atoms with van der Waals surface area (Å²) in [5, 5.41) is 51.8. The first-order chi connectivity index (χ1) is 32.7. The van der Waals surface area contributed by atoms with Crippen molar-refractivity contribution in [3.05, 3.63) is 98.8 Å². The third-order valence-corrected chi connectivity index (χ3v) is 14.2. The highest BCUT2D eigenvalue weighted by Crippen LogP contribution is 2.42. The molecule has 4 N–H and O–H groups in total. The SMILES string of the molecule is CCc1c2c(nc3ccc(OC(=O)N4CCC(C(=O)N5CCN(c6ccc(-n7c(O)nnc7-c7cc(C(C)C)c(O)cc7O)cc6)CC5)CC4)cc13)-c1cc3c(c(=O)n1C2)COC(=O)C3(O)CC. The van der Waals surface area contributed by atoms with Crippen molar-refractivity contribution in [2.24, 2.45) is 5.92 Å². The normalized spacial score (nSPS) is 18.1.